The summed E-state index contributed by atoms with van der Waals surface area (Å²) in [6.45, 7) is 5.50. The average Bonchev–Trinajstić information content (AvgIpc) is 2.70. The lowest BCUT2D eigenvalue weighted by Gasteiger charge is -2.12. The Hall–Kier alpha value is -0.110. The number of nitrogens with one attached hydrogen (secondary N) is 1. The van der Waals surface area contributed by atoms with E-state index in [9.17, 15) is 0 Å². The molecule has 0 heterocycles. The third kappa shape index (κ3) is 2.44. The fourth-order valence-corrected chi connectivity index (χ4v) is 1.31. The Labute approximate surface area is 74.6 Å². The number of rotatable bonds is 4. The predicted octanol–water partition coefficient (Wildman–Crippen LogP) is 2.50. The lowest BCUT2D eigenvalue weighted by atomic mass is 10.1. The van der Waals surface area contributed by atoms with Crippen LogP contribution in [0.3, 0.4) is 0 Å². The van der Waals surface area contributed by atoms with Crippen LogP contribution in [0.5, 0.6) is 0 Å². The average molecular weight is 171 g/mol. The fourth-order valence-electron chi connectivity index (χ4n) is 1.01. The van der Waals surface area contributed by atoms with E-state index in [1.54, 1.807) is 0 Å². The van der Waals surface area contributed by atoms with Crippen LogP contribution in [0.15, 0.2) is 0 Å². The molecule has 1 fully saturated rings. The fraction of sp³-hybridized carbons (Fsp3) is 0.889. The van der Waals surface area contributed by atoms with Gasteiger partial charge in [-0.2, -0.15) is 0 Å². The van der Waals surface area contributed by atoms with Gasteiger partial charge in [0.1, 0.15) is 0 Å². The Morgan fingerprint density at radius 2 is 2.18 bits per heavy atom. The van der Waals surface area contributed by atoms with Gasteiger partial charge in [-0.25, -0.2) is 0 Å². The summed E-state index contributed by atoms with van der Waals surface area (Å²) in [5, 5.41) is 3.32. The first kappa shape index (κ1) is 8.98. The molecule has 2 heteroatoms. The van der Waals surface area contributed by atoms with E-state index in [1.165, 1.54) is 25.7 Å². The first-order valence-corrected chi connectivity index (χ1v) is 4.88. The molecule has 0 aromatic heterocycles. The predicted molar refractivity (Wildman–Crippen MR) is 52.8 cm³/mol. The summed E-state index contributed by atoms with van der Waals surface area (Å²) < 4.78 is 0. The first-order chi connectivity index (χ1) is 5.19. The summed E-state index contributed by atoms with van der Waals surface area (Å²) in [5.74, 6) is 0. The van der Waals surface area contributed by atoms with Crippen molar-refractivity contribution in [3.63, 3.8) is 0 Å². The maximum atomic E-state index is 5.26. The van der Waals surface area contributed by atoms with Gasteiger partial charge in [-0.1, -0.05) is 32.5 Å². The van der Waals surface area contributed by atoms with E-state index >= 15 is 0 Å². The summed E-state index contributed by atoms with van der Waals surface area (Å²) in [4.78, 5) is 1.09. The van der Waals surface area contributed by atoms with Crippen LogP contribution in [0, 0.1) is 5.41 Å². The number of unbranched alkanes of at least 4 members (excludes halogenated alkanes) is 1. The second-order valence-corrected chi connectivity index (χ2v) is 4.08. The zero-order valence-corrected chi connectivity index (χ0v) is 8.26. The molecule has 1 rings (SSSR count). The Morgan fingerprint density at radius 1 is 1.55 bits per heavy atom. The molecule has 0 aromatic carbocycles. The minimum atomic E-state index is 0.378. The molecule has 0 atom stereocenters. The summed E-state index contributed by atoms with van der Waals surface area (Å²) in [6.07, 6.45) is 5.04. The van der Waals surface area contributed by atoms with Gasteiger partial charge in [-0.05, 0) is 19.3 Å². The van der Waals surface area contributed by atoms with Gasteiger partial charge in [-0.15, -0.1) is 0 Å². The smallest absolute Gasteiger partial charge is 0.0813 e. The van der Waals surface area contributed by atoms with Crippen LogP contribution in [0.4, 0.5) is 0 Å². The minimum Gasteiger partial charge on any atom is -0.379 e. The molecule has 1 aliphatic rings. The SMILES string of the molecule is CCCCNC(=S)C1(C)CC1. The summed E-state index contributed by atoms with van der Waals surface area (Å²) >= 11 is 5.26. The molecule has 0 bridgehead atoms. The van der Waals surface area contributed by atoms with E-state index in [1.807, 2.05) is 0 Å². The summed E-state index contributed by atoms with van der Waals surface area (Å²) in [7, 11) is 0. The van der Waals surface area contributed by atoms with Crippen molar-refractivity contribution in [3.8, 4) is 0 Å². The minimum absolute atomic E-state index is 0.378. The standard InChI is InChI=1S/C9H17NS/c1-3-4-7-10-8(11)9(2)5-6-9/h3-7H2,1-2H3,(H,10,11). The Morgan fingerprint density at radius 3 is 2.64 bits per heavy atom. The highest BCUT2D eigenvalue weighted by atomic mass is 32.1. The first-order valence-electron chi connectivity index (χ1n) is 4.47. The zero-order valence-electron chi connectivity index (χ0n) is 7.44. The van der Waals surface area contributed by atoms with Crippen LogP contribution >= 0.6 is 12.2 Å². The molecular formula is C9H17NS. The molecular weight excluding hydrogens is 154 g/mol. The topological polar surface area (TPSA) is 12.0 Å². The molecule has 0 aromatic rings. The van der Waals surface area contributed by atoms with Crippen molar-refractivity contribution < 1.29 is 0 Å². The third-order valence-electron chi connectivity index (χ3n) is 2.36. The molecule has 0 saturated heterocycles. The highest BCUT2D eigenvalue weighted by Gasteiger charge is 2.41. The lowest BCUT2D eigenvalue weighted by Crippen LogP contribution is -2.29. The van der Waals surface area contributed by atoms with E-state index in [0.717, 1.165) is 11.5 Å². The number of hydrogen-bond acceptors (Lipinski definition) is 1. The van der Waals surface area contributed by atoms with Crippen molar-refractivity contribution in [3.05, 3.63) is 0 Å². The van der Waals surface area contributed by atoms with Crippen molar-refractivity contribution in [2.24, 2.45) is 5.41 Å². The van der Waals surface area contributed by atoms with E-state index in [-0.39, 0.29) is 0 Å². The Kier molecular flexibility index (Phi) is 2.88. The van der Waals surface area contributed by atoms with Crippen LogP contribution in [-0.2, 0) is 0 Å². The molecule has 0 amide bonds. The van der Waals surface area contributed by atoms with E-state index in [0.29, 0.717) is 5.41 Å². The van der Waals surface area contributed by atoms with Gasteiger partial charge in [0.2, 0.25) is 0 Å². The third-order valence-corrected chi connectivity index (χ3v) is 3.00. The molecule has 1 aliphatic carbocycles. The second-order valence-electron chi connectivity index (χ2n) is 3.67. The second kappa shape index (κ2) is 3.53. The molecule has 1 nitrogen and oxygen atoms in total. The quantitative estimate of drug-likeness (QED) is 0.515. The molecule has 0 radical (unpaired) electrons. The van der Waals surface area contributed by atoms with Crippen LogP contribution in [0.2, 0.25) is 0 Å². The van der Waals surface area contributed by atoms with Crippen molar-refractivity contribution in [1.29, 1.82) is 0 Å². The van der Waals surface area contributed by atoms with E-state index in [4.69, 9.17) is 12.2 Å². The van der Waals surface area contributed by atoms with Gasteiger partial charge in [0.15, 0.2) is 0 Å². The van der Waals surface area contributed by atoms with Gasteiger partial charge in [-0.3, -0.25) is 0 Å². The maximum absolute atomic E-state index is 5.26. The van der Waals surface area contributed by atoms with Crippen LogP contribution in [0.1, 0.15) is 39.5 Å². The Balaban J connectivity index is 2.12. The van der Waals surface area contributed by atoms with Crippen molar-refractivity contribution in [2.45, 2.75) is 39.5 Å². The molecule has 0 unspecified atom stereocenters. The highest BCUT2D eigenvalue weighted by molar-refractivity contribution is 7.80. The molecule has 11 heavy (non-hydrogen) atoms. The van der Waals surface area contributed by atoms with Gasteiger partial charge >= 0.3 is 0 Å². The van der Waals surface area contributed by atoms with Crippen molar-refractivity contribution in [2.75, 3.05) is 6.54 Å². The van der Waals surface area contributed by atoms with Crippen LogP contribution in [0.25, 0.3) is 0 Å². The summed E-state index contributed by atoms with van der Waals surface area (Å²) in [6, 6.07) is 0. The van der Waals surface area contributed by atoms with Crippen LogP contribution in [-0.4, -0.2) is 11.5 Å². The highest BCUT2D eigenvalue weighted by Crippen LogP contribution is 2.45. The number of hydrogen-bond donors (Lipinski definition) is 1. The monoisotopic (exact) mass is 171 g/mol. The van der Waals surface area contributed by atoms with E-state index in [2.05, 4.69) is 19.2 Å². The Bertz CT molecular complexity index is 150. The van der Waals surface area contributed by atoms with Crippen molar-refractivity contribution in [1.82, 2.24) is 5.32 Å². The molecule has 0 aliphatic heterocycles. The van der Waals surface area contributed by atoms with Crippen LogP contribution < -0.4 is 5.32 Å². The van der Waals surface area contributed by atoms with Gasteiger partial charge < -0.3 is 5.32 Å². The zero-order chi connectivity index (χ0) is 8.32. The molecule has 0 spiro atoms. The summed E-state index contributed by atoms with van der Waals surface area (Å²) in [5.41, 5.74) is 0.378. The van der Waals surface area contributed by atoms with E-state index < -0.39 is 0 Å². The number of thiocarbonyl (C=S) groups is 1. The largest absolute Gasteiger partial charge is 0.379 e. The molecule has 1 N–H and O–H groups in total. The molecule has 64 valence electrons. The maximum Gasteiger partial charge on any atom is 0.0813 e. The normalized spacial score (nSPS) is 19.5. The molecule has 1 saturated carbocycles. The van der Waals surface area contributed by atoms with Gasteiger partial charge in [0.25, 0.3) is 0 Å². The van der Waals surface area contributed by atoms with Gasteiger partial charge in [0.05, 0.1) is 4.99 Å². The van der Waals surface area contributed by atoms with Crippen molar-refractivity contribution >= 4 is 17.2 Å². The lowest BCUT2D eigenvalue weighted by molar-refractivity contribution is 0.709. The van der Waals surface area contributed by atoms with Gasteiger partial charge in [0, 0.05) is 12.0 Å².